The van der Waals surface area contributed by atoms with E-state index in [0.717, 1.165) is 43.0 Å². The van der Waals surface area contributed by atoms with Crippen LogP contribution in [0.3, 0.4) is 0 Å². The molecule has 0 saturated carbocycles. The largest absolute Gasteiger partial charge is 0.331 e. The first-order chi connectivity index (χ1) is 11.8. The van der Waals surface area contributed by atoms with Gasteiger partial charge in [0.15, 0.2) is 0 Å². The van der Waals surface area contributed by atoms with Crippen molar-refractivity contribution < 1.29 is 4.79 Å². The van der Waals surface area contributed by atoms with Gasteiger partial charge in [0, 0.05) is 18.8 Å². The Kier molecular flexibility index (Phi) is 6.19. The van der Waals surface area contributed by atoms with Crippen LogP contribution in [0.25, 0.3) is 0 Å². The lowest BCUT2D eigenvalue weighted by atomic mass is 9.99. The maximum absolute atomic E-state index is 12.7. The first-order valence-electron chi connectivity index (χ1n) is 8.55. The van der Waals surface area contributed by atoms with Crippen LogP contribution in [0, 0.1) is 0 Å². The van der Waals surface area contributed by atoms with Gasteiger partial charge in [0.25, 0.3) is 0 Å². The smallest absolute Gasteiger partial charge is 0.317 e. The number of urea groups is 1. The van der Waals surface area contributed by atoms with Crippen molar-refractivity contribution in [1.82, 2.24) is 10.2 Å². The Morgan fingerprint density at radius 2 is 1.71 bits per heavy atom. The van der Waals surface area contributed by atoms with Crippen molar-refractivity contribution in [3.05, 3.63) is 71.8 Å². The summed E-state index contributed by atoms with van der Waals surface area (Å²) in [5.74, 6) is 2.18. The average molecular weight is 340 g/mol. The second kappa shape index (κ2) is 8.78. The molecule has 2 amide bonds. The summed E-state index contributed by atoms with van der Waals surface area (Å²) in [5, 5.41) is 3.26. The molecule has 0 radical (unpaired) electrons. The number of carbonyl (C=O) groups is 1. The van der Waals surface area contributed by atoms with Crippen LogP contribution in [0.2, 0.25) is 0 Å². The molecule has 1 fully saturated rings. The Balaban J connectivity index is 1.73. The van der Waals surface area contributed by atoms with E-state index in [1.54, 1.807) is 0 Å². The van der Waals surface area contributed by atoms with Crippen molar-refractivity contribution in [3.63, 3.8) is 0 Å². The molecule has 2 aromatic carbocycles. The van der Waals surface area contributed by atoms with Crippen molar-refractivity contribution in [2.45, 2.75) is 18.9 Å². The molecule has 2 aromatic rings. The number of rotatable bonds is 4. The van der Waals surface area contributed by atoms with Crippen LogP contribution in [0.4, 0.5) is 4.79 Å². The van der Waals surface area contributed by atoms with E-state index < -0.39 is 0 Å². The third kappa shape index (κ3) is 4.78. The van der Waals surface area contributed by atoms with Crippen LogP contribution < -0.4 is 5.32 Å². The number of hydrogen-bond acceptors (Lipinski definition) is 2. The van der Waals surface area contributed by atoms with Gasteiger partial charge in [-0.2, -0.15) is 11.8 Å². The fourth-order valence-electron chi connectivity index (χ4n) is 2.98. The number of thioether (sulfide) groups is 1. The topological polar surface area (TPSA) is 32.3 Å². The molecule has 4 heteroatoms. The van der Waals surface area contributed by atoms with Gasteiger partial charge in [-0.05, 0) is 29.7 Å². The van der Waals surface area contributed by atoms with Crippen molar-refractivity contribution in [2.75, 3.05) is 24.6 Å². The van der Waals surface area contributed by atoms with Gasteiger partial charge in [-0.1, -0.05) is 60.7 Å². The van der Waals surface area contributed by atoms with Gasteiger partial charge < -0.3 is 10.2 Å². The zero-order valence-corrected chi connectivity index (χ0v) is 14.7. The summed E-state index contributed by atoms with van der Waals surface area (Å²) in [7, 11) is 0. The maximum atomic E-state index is 12.7. The van der Waals surface area contributed by atoms with E-state index in [-0.39, 0.29) is 12.1 Å². The number of hydrogen-bond donors (Lipinski definition) is 1. The highest BCUT2D eigenvalue weighted by Gasteiger charge is 2.20. The quantitative estimate of drug-likeness (QED) is 0.908. The number of carbonyl (C=O) groups excluding carboxylic acids is 1. The molecule has 24 heavy (non-hydrogen) atoms. The van der Waals surface area contributed by atoms with Crippen LogP contribution in [0.1, 0.15) is 23.6 Å². The summed E-state index contributed by atoms with van der Waals surface area (Å²) in [6.07, 6.45) is 1.88. The first-order valence-corrected chi connectivity index (χ1v) is 9.70. The molecule has 1 unspecified atom stereocenters. The summed E-state index contributed by atoms with van der Waals surface area (Å²) in [6.45, 7) is 1.69. The Morgan fingerprint density at radius 1 is 1.00 bits per heavy atom. The van der Waals surface area contributed by atoms with Gasteiger partial charge in [0.05, 0.1) is 6.04 Å². The van der Waals surface area contributed by atoms with E-state index in [1.807, 2.05) is 53.1 Å². The van der Waals surface area contributed by atoms with Crippen LogP contribution in [0.5, 0.6) is 0 Å². The number of nitrogens with zero attached hydrogens (tertiary/aromatic N) is 1. The third-order valence-corrected chi connectivity index (χ3v) is 5.34. The highest BCUT2D eigenvalue weighted by atomic mass is 32.2. The molecule has 0 bridgehead atoms. The number of amides is 2. The van der Waals surface area contributed by atoms with Crippen LogP contribution in [-0.4, -0.2) is 35.5 Å². The number of benzene rings is 2. The van der Waals surface area contributed by atoms with Crippen molar-refractivity contribution in [1.29, 1.82) is 0 Å². The predicted molar refractivity (Wildman–Crippen MR) is 101 cm³/mol. The second-order valence-corrected chi connectivity index (χ2v) is 7.28. The fourth-order valence-corrected chi connectivity index (χ4v) is 3.86. The molecule has 0 spiro atoms. The Morgan fingerprint density at radius 3 is 2.46 bits per heavy atom. The SMILES string of the molecule is O=C(NC(Cc1ccccc1)c1ccccc1)N1CCCSCC1. The van der Waals surface area contributed by atoms with Gasteiger partial charge in [-0.15, -0.1) is 0 Å². The van der Waals surface area contributed by atoms with Crippen molar-refractivity contribution >= 4 is 17.8 Å². The summed E-state index contributed by atoms with van der Waals surface area (Å²) in [6, 6.07) is 20.7. The van der Waals surface area contributed by atoms with E-state index in [1.165, 1.54) is 5.56 Å². The normalized spacial score (nSPS) is 16.2. The van der Waals surface area contributed by atoms with E-state index in [0.29, 0.717) is 0 Å². The maximum Gasteiger partial charge on any atom is 0.317 e. The van der Waals surface area contributed by atoms with Crippen molar-refractivity contribution in [3.8, 4) is 0 Å². The lowest BCUT2D eigenvalue weighted by Gasteiger charge is -2.26. The summed E-state index contributed by atoms with van der Waals surface area (Å²) in [5.41, 5.74) is 2.39. The fraction of sp³-hybridized carbons (Fsp3) is 0.350. The van der Waals surface area contributed by atoms with Gasteiger partial charge in [0.2, 0.25) is 0 Å². The lowest BCUT2D eigenvalue weighted by molar-refractivity contribution is 0.197. The van der Waals surface area contributed by atoms with E-state index in [2.05, 4.69) is 29.6 Å². The van der Waals surface area contributed by atoms with E-state index in [4.69, 9.17) is 0 Å². The molecule has 1 N–H and O–H groups in total. The monoisotopic (exact) mass is 340 g/mol. The molecule has 0 aliphatic carbocycles. The first kappa shape index (κ1) is 16.9. The molecule has 1 aliphatic heterocycles. The molecule has 0 aromatic heterocycles. The minimum absolute atomic E-state index is 0.00277. The third-order valence-electron chi connectivity index (χ3n) is 4.29. The Hall–Kier alpha value is -1.94. The molecule has 1 heterocycles. The summed E-state index contributed by atoms with van der Waals surface area (Å²) >= 11 is 1.93. The summed E-state index contributed by atoms with van der Waals surface area (Å²) in [4.78, 5) is 14.7. The molecule has 1 atom stereocenters. The molecule has 3 rings (SSSR count). The molecule has 1 saturated heterocycles. The highest BCUT2D eigenvalue weighted by Crippen LogP contribution is 2.19. The average Bonchev–Trinajstić information content (AvgIpc) is 2.92. The molecule has 126 valence electrons. The van der Waals surface area contributed by atoms with E-state index in [9.17, 15) is 4.79 Å². The second-order valence-electron chi connectivity index (χ2n) is 6.06. The molecular formula is C20H24N2OS. The Labute approximate surface area is 148 Å². The van der Waals surface area contributed by atoms with Gasteiger partial charge in [-0.3, -0.25) is 0 Å². The molecular weight excluding hydrogens is 316 g/mol. The van der Waals surface area contributed by atoms with E-state index >= 15 is 0 Å². The van der Waals surface area contributed by atoms with Crippen molar-refractivity contribution in [2.24, 2.45) is 0 Å². The van der Waals surface area contributed by atoms with Gasteiger partial charge >= 0.3 is 6.03 Å². The minimum atomic E-state index is -0.00277. The predicted octanol–water partition coefficient (Wildman–Crippen LogP) is 4.12. The number of nitrogens with one attached hydrogen (secondary N) is 1. The zero-order valence-electron chi connectivity index (χ0n) is 13.9. The lowest BCUT2D eigenvalue weighted by Crippen LogP contribution is -2.43. The highest BCUT2D eigenvalue weighted by molar-refractivity contribution is 7.99. The van der Waals surface area contributed by atoms with Gasteiger partial charge in [-0.25, -0.2) is 4.79 Å². The minimum Gasteiger partial charge on any atom is -0.331 e. The van der Waals surface area contributed by atoms with Gasteiger partial charge in [0.1, 0.15) is 0 Å². The van der Waals surface area contributed by atoms with Crippen LogP contribution in [0.15, 0.2) is 60.7 Å². The Bertz CT molecular complexity index is 625. The standard InChI is InChI=1S/C20H24N2OS/c23-20(22-12-7-14-24-15-13-22)21-19(18-10-5-2-6-11-18)16-17-8-3-1-4-9-17/h1-6,8-11,19H,7,12-16H2,(H,21,23). The van der Waals surface area contributed by atoms with Crippen LogP contribution in [-0.2, 0) is 6.42 Å². The molecule has 1 aliphatic rings. The van der Waals surface area contributed by atoms with Crippen LogP contribution >= 0.6 is 11.8 Å². The zero-order chi connectivity index (χ0) is 16.6. The molecule has 3 nitrogen and oxygen atoms in total. The summed E-state index contributed by atoms with van der Waals surface area (Å²) < 4.78 is 0.